The van der Waals surface area contributed by atoms with Crippen LogP contribution in [0.4, 0.5) is 0 Å². The van der Waals surface area contributed by atoms with Crippen molar-refractivity contribution in [3.8, 4) is 5.75 Å². The van der Waals surface area contributed by atoms with Gasteiger partial charge < -0.3 is 20.1 Å². The van der Waals surface area contributed by atoms with Crippen molar-refractivity contribution in [2.24, 2.45) is 5.73 Å². The molecule has 22 heavy (non-hydrogen) atoms. The summed E-state index contributed by atoms with van der Waals surface area (Å²) in [6.07, 6.45) is 3.38. The summed E-state index contributed by atoms with van der Waals surface area (Å²) in [5.41, 5.74) is 5.88. The smallest absolute Gasteiger partial charge is 0.255 e. The Hall–Kier alpha value is -2.34. The second-order valence-corrected chi connectivity index (χ2v) is 5.12. The van der Waals surface area contributed by atoms with Gasteiger partial charge >= 0.3 is 0 Å². The number of nitrogens with two attached hydrogens (primary N) is 1. The van der Waals surface area contributed by atoms with Crippen LogP contribution >= 0.6 is 0 Å². The lowest BCUT2D eigenvalue weighted by atomic mass is 10.2. The molecule has 6 nitrogen and oxygen atoms in total. The minimum absolute atomic E-state index is 0.0239. The molecule has 2 rings (SSSR count). The van der Waals surface area contributed by atoms with Crippen LogP contribution in [0.25, 0.3) is 6.08 Å². The van der Waals surface area contributed by atoms with Crippen molar-refractivity contribution < 1.29 is 19.1 Å². The molecule has 0 bridgehead atoms. The van der Waals surface area contributed by atoms with E-state index >= 15 is 0 Å². The highest BCUT2D eigenvalue weighted by Gasteiger charge is 2.19. The Balaban J connectivity index is 1.89. The number of morpholine rings is 1. The number of amides is 2. The average molecular weight is 304 g/mol. The van der Waals surface area contributed by atoms with Crippen molar-refractivity contribution >= 4 is 17.9 Å². The standard InChI is InChI=1S/C16H20N2O4/c1-12-10-18(8-9-21-12)16(20)7-4-13-2-5-14(6-3-13)22-11-15(17)19/h2-7,12H,8-11H2,1H3,(H2,17,19)/b7-4+/t12-/m0/s1. The zero-order valence-electron chi connectivity index (χ0n) is 12.5. The molecule has 0 unspecified atom stereocenters. The number of carbonyl (C=O) groups excluding carboxylic acids is 2. The number of benzene rings is 1. The molecule has 1 fully saturated rings. The molecule has 1 aliphatic heterocycles. The molecule has 1 aromatic rings. The molecular weight excluding hydrogens is 284 g/mol. The summed E-state index contributed by atoms with van der Waals surface area (Å²) in [6.45, 7) is 3.61. The van der Waals surface area contributed by atoms with E-state index in [1.807, 2.05) is 19.1 Å². The van der Waals surface area contributed by atoms with Crippen LogP contribution in [0.3, 0.4) is 0 Å². The van der Waals surface area contributed by atoms with Gasteiger partial charge in [-0.15, -0.1) is 0 Å². The van der Waals surface area contributed by atoms with Crippen LogP contribution in [0.5, 0.6) is 5.75 Å². The first kappa shape index (κ1) is 16.0. The lowest BCUT2D eigenvalue weighted by Gasteiger charge is -2.30. The van der Waals surface area contributed by atoms with Crippen molar-refractivity contribution in [1.29, 1.82) is 0 Å². The third kappa shape index (κ3) is 4.89. The maximum Gasteiger partial charge on any atom is 0.255 e. The normalized spacial score (nSPS) is 18.4. The molecule has 6 heteroatoms. The van der Waals surface area contributed by atoms with Crippen LogP contribution < -0.4 is 10.5 Å². The number of ether oxygens (including phenoxy) is 2. The Bertz CT molecular complexity index is 554. The van der Waals surface area contributed by atoms with Gasteiger partial charge in [0.25, 0.3) is 5.91 Å². The Kier molecular flexibility index (Phi) is 5.55. The predicted octanol–water partition coefficient (Wildman–Crippen LogP) is 0.811. The Morgan fingerprint density at radius 1 is 1.41 bits per heavy atom. The fourth-order valence-corrected chi connectivity index (χ4v) is 2.12. The van der Waals surface area contributed by atoms with Gasteiger partial charge in [-0.25, -0.2) is 0 Å². The first-order valence-electron chi connectivity index (χ1n) is 7.14. The molecular formula is C16H20N2O4. The predicted molar refractivity (Wildman–Crippen MR) is 82.2 cm³/mol. The van der Waals surface area contributed by atoms with Crippen molar-refractivity contribution in [2.45, 2.75) is 13.0 Å². The Morgan fingerprint density at radius 3 is 2.77 bits per heavy atom. The summed E-state index contributed by atoms with van der Waals surface area (Å²) in [7, 11) is 0. The zero-order valence-corrected chi connectivity index (χ0v) is 12.5. The van der Waals surface area contributed by atoms with Crippen molar-refractivity contribution in [3.63, 3.8) is 0 Å². The molecule has 0 aromatic heterocycles. The molecule has 0 saturated carbocycles. The lowest BCUT2D eigenvalue weighted by Crippen LogP contribution is -2.43. The van der Waals surface area contributed by atoms with Gasteiger partial charge in [-0.3, -0.25) is 9.59 Å². The molecule has 1 heterocycles. The Labute approximate surface area is 129 Å². The number of primary amides is 1. The van der Waals surface area contributed by atoms with E-state index in [4.69, 9.17) is 15.2 Å². The maximum atomic E-state index is 12.1. The van der Waals surface area contributed by atoms with Gasteiger partial charge in [-0.1, -0.05) is 12.1 Å². The largest absolute Gasteiger partial charge is 0.484 e. The lowest BCUT2D eigenvalue weighted by molar-refractivity contribution is -0.132. The highest BCUT2D eigenvalue weighted by Crippen LogP contribution is 2.13. The SMILES string of the molecule is C[C@H]1CN(C(=O)/C=C/c2ccc(OCC(N)=O)cc2)CCO1. The van der Waals surface area contributed by atoms with Gasteiger partial charge in [-0.2, -0.15) is 0 Å². The number of hydrogen-bond acceptors (Lipinski definition) is 4. The van der Waals surface area contributed by atoms with Gasteiger partial charge in [0.15, 0.2) is 6.61 Å². The van der Waals surface area contributed by atoms with Crippen molar-refractivity contribution in [2.75, 3.05) is 26.3 Å². The van der Waals surface area contributed by atoms with Crippen LogP contribution in [0.15, 0.2) is 30.3 Å². The molecule has 2 N–H and O–H groups in total. The summed E-state index contributed by atoms with van der Waals surface area (Å²) in [6, 6.07) is 7.07. The highest BCUT2D eigenvalue weighted by atomic mass is 16.5. The number of hydrogen-bond donors (Lipinski definition) is 1. The summed E-state index contributed by atoms with van der Waals surface area (Å²) in [5.74, 6) is 0.0165. The van der Waals surface area contributed by atoms with E-state index in [0.29, 0.717) is 25.4 Å². The van der Waals surface area contributed by atoms with Gasteiger partial charge in [0.1, 0.15) is 5.75 Å². The highest BCUT2D eigenvalue weighted by molar-refractivity contribution is 5.91. The minimum atomic E-state index is -0.519. The summed E-state index contributed by atoms with van der Waals surface area (Å²) < 4.78 is 10.6. The van der Waals surface area contributed by atoms with Crippen LogP contribution in [-0.2, 0) is 14.3 Å². The second kappa shape index (κ2) is 7.61. The Morgan fingerprint density at radius 2 is 2.14 bits per heavy atom. The molecule has 1 aliphatic rings. The van der Waals surface area contributed by atoms with E-state index in [2.05, 4.69) is 0 Å². The fourth-order valence-electron chi connectivity index (χ4n) is 2.12. The molecule has 0 radical (unpaired) electrons. The topological polar surface area (TPSA) is 81.9 Å². The van der Waals surface area contributed by atoms with Gasteiger partial charge in [0.2, 0.25) is 5.91 Å². The van der Waals surface area contributed by atoms with E-state index in [1.54, 1.807) is 29.2 Å². The van der Waals surface area contributed by atoms with Gasteiger partial charge in [0, 0.05) is 19.2 Å². The summed E-state index contributed by atoms with van der Waals surface area (Å²) in [5, 5.41) is 0. The molecule has 0 aliphatic carbocycles. The summed E-state index contributed by atoms with van der Waals surface area (Å²) in [4.78, 5) is 24.5. The molecule has 2 amide bonds. The molecule has 1 atom stereocenters. The maximum absolute atomic E-state index is 12.1. The van der Waals surface area contributed by atoms with Crippen LogP contribution in [0, 0.1) is 0 Å². The van der Waals surface area contributed by atoms with Gasteiger partial charge in [0.05, 0.1) is 12.7 Å². The molecule has 0 spiro atoms. The first-order valence-corrected chi connectivity index (χ1v) is 7.14. The van der Waals surface area contributed by atoms with Crippen molar-refractivity contribution in [1.82, 2.24) is 4.90 Å². The van der Waals surface area contributed by atoms with E-state index in [0.717, 1.165) is 5.56 Å². The van der Waals surface area contributed by atoms with Crippen LogP contribution in [0.2, 0.25) is 0 Å². The fraction of sp³-hybridized carbons (Fsp3) is 0.375. The molecule has 1 saturated heterocycles. The first-order chi connectivity index (χ1) is 10.5. The monoisotopic (exact) mass is 304 g/mol. The van der Waals surface area contributed by atoms with Crippen LogP contribution in [-0.4, -0.2) is 49.1 Å². The van der Waals surface area contributed by atoms with Crippen LogP contribution in [0.1, 0.15) is 12.5 Å². The second-order valence-electron chi connectivity index (χ2n) is 5.12. The number of rotatable bonds is 5. The number of nitrogens with zero attached hydrogens (tertiary/aromatic N) is 1. The van der Waals surface area contributed by atoms with E-state index in [-0.39, 0.29) is 18.6 Å². The minimum Gasteiger partial charge on any atom is -0.484 e. The summed E-state index contributed by atoms with van der Waals surface area (Å²) >= 11 is 0. The van der Waals surface area contributed by atoms with Gasteiger partial charge in [-0.05, 0) is 30.7 Å². The van der Waals surface area contributed by atoms with E-state index < -0.39 is 5.91 Å². The quantitative estimate of drug-likeness (QED) is 0.816. The molecule has 118 valence electrons. The van der Waals surface area contributed by atoms with E-state index in [1.165, 1.54) is 0 Å². The van der Waals surface area contributed by atoms with E-state index in [9.17, 15) is 9.59 Å². The average Bonchev–Trinajstić information content (AvgIpc) is 2.51. The van der Waals surface area contributed by atoms with Crippen molar-refractivity contribution in [3.05, 3.63) is 35.9 Å². The zero-order chi connectivity index (χ0) is 15.9. The third-order valence-electron chi connectivity index (χ3n) is 3.23. The third-order valence-corrected chi connectivity index (χ3v) is 3.23. The number of carbonyl (C=O) groups is 2. The molecule has 1 aromatic carbocycles.